The van der Waals surface area contributed by atoms with Crippen molar-refractivity contribution in [1.29, 1.82) is 0 Å². The number of urea groups is 1. The Kier molecular flexibility index (Phi) is 5.36. The van der Waals surface area contributed by atoms with Gasteiger partial charge in [0.2, 0.25) is 5.91 Å². The van der Waals surface area contributed by atoms with E-state index in [0.717, 1.165) is 19.4 Å². The first-order valence-corrected chi connectivity index (χ1v) is 8.25. The highest BCUT2D eigenvalue weighted by atomic mass is 32.1. The van der Waals surface area contributed by atoms with Crippen molar-refractivity contribution in [3.63, 3.8) is 0 Å². The van der Waals surface area contributed by atoms with Gasteiger partial charge in [0.25, 0.3) is 0 Å². The predicted molar refractivity (Wildman–Crippen MR) is 84.5 cm³/mol. The first kappa shape index (κ1) is 16.0. The summed E-state index contributed by atoms with van der Waals surface area (Å²) in [6.07, 6.45) is 4.78. The zero-order valence-corrected chi connectivity index (χ0v) is 13.4. The molecule has 1 aromatic heterocycles. The van der Waals surface area contributed by atoms with Crippen LogP contribution in [0.25, 0.3) is 0 Å². The molecule has 1 heterocycles. The average molecular weight is 309 g/mol. The Labute approximate surface area is 129 Å². The third kappa shape index (κ3) is 3.83. The van der Waals surface area contributed by atoms with Gasteiger partial charge >= 0.3 is 6.03 Å². The van der Waals surface area contributed by atoms with E-state index in [9.17, 15) is 9.59 Å². The van der Waals surface area contributed by atoms with E-state index in [1.807, 2.05) is 0 Å². The molecule has 0 unspecified atom stereocenters. The molecule has 1 aromatic rings. The highest BCUT2D eigenvalue weighted by molar-refractivity contribution is 7.10. The maximum Gasteiger partial charge on any atom is 0.321 e. The summed E-state index contributed by atoms with van der Waals surface area (Å²) in [4.78, 5) is 24.4. The van der Waals surface area contributed by atoms with Gasteiger partial charge in [-0.3, -0.25) is 10.1 Å². The van der Waals surface area contributed by atoms with Gasteiger partial charge in [-0.15, -0.1) is 11.3 Å². The van der Waals surface area contributed by atoms with Crippen LogP contribution >= 0.6 is 11.3 Å². The first-order chi connectivity index (χ1) is 10.1. The number of carbonyl (C=O) groups is 2. The summed E-state index contributed by atoms with van der Waals surface area (Å²) in [6.45, 7) is 2.56. The van der Waals surface area contributed by atoms with Crippen LogP contribution in [-0.4, -0.2) is 31.6 Å². The zero-order chi connectivity index (χ0) is 15.3. The fraction of sp³-hybridized carbons (Fsp3) is 0.600. The van der Waals surface area contributed by atoms with Crippen LogP contribution in [0.1, 0.15) is 37.5 Å². The van der Waals surface area contributed by atoms with Crippen molar-refractivity contribution in [2.24, 2.45) is 0 Å². The van der Waals surface area contributed by atoms with E-state index in [1.165, 1.54) is 24.8 Å². The molecule has 21 heavy (non-hydrogen) atoms. The average Bonchev–Trinajstić information content (AvgIpc) is 3.16. The third-order valence-corrected chi connectivity index (χ3v) is 5.32. The van der Waals surface area contributed by atoms with Gasteiger partial charge in [-0.2, -0.15) is 0 Å². The van der Waals surface area contributed by atoms with Crippen LogP contribution in [0.2, 0.25) is 0 Å². The molecule has 1 aliphatic carbocycles. The van der Waals surface area contributed by atoms with Crippen molar-refractivity contribution in [2.45, 2.75) is 44.1 Å². The van der Waals surface area contributed by atoms with Crippen LogP contribution in [0.15, 0.2) is 17.5 Å². The summed E-state index contributed by atoms with van der Waals surface area (Å²) in [5.74, 6) is -0.298. The summed E-state index contributed by atoms with van der Waals surface area (Å²) in [6, 6.07) is 3.41. The number of amides is 3. The minimum absolute atomic E-state index is 0.149. The SMILES string of the molecule is CNC(=O)NC(=O)[C@H](C)NCC1(c2cccs2)CCCC1. The molecule has 1 aliphatic rings. The van der Waals surface area contributed by atoms with E-state index in [1.54, 1.807) is 18.3 Å². The standard InChI is InChI=1S/C15H23N3O2S/c1-11(13(19)18-14(20)16-2)17-10-15(7-3-4-8-15)12-6-5-9-21-12/h5-6,9,11,17H,3-4,7-8,10H2,1-2H3,(H2,16,18,19,20)/t11-/m0/s1. The monoisotopic (exact) mass is 309 g/mol. The second kappa shape index (κ2) is 7.04. The van der Waals surface area contributed by atoms with Gasteiger partial charge in [0, 0.05) is 23.9 Å². The highest BCUT2D eigenvalue weighted by Crippen LogP contribution is 2.42. The Morgan fingerprint density at radius 3 is 2.67 bits per heavy atom. The second-order valence-corrected chi connectivity index (χ2v) is 6.58. The van der Waals surface area contributed by atoms with Crippen LogP contribution < -0.4 is 16.0 Å². The molecule has 1 fully saturated rings. The molecule has 3 amide bonds. The van der Waals surface area contributed by atoms with Gasteiger partial charge in [0.05, 0.1) is 6.04 Å². The van der Waals surface area contributed by atoms with E-state index in [2.05, 4.69) is 33.5 Å². The molecule has 3 N–H and O–H groups in total. The molecule has 1 atom stereocenters. The number of imide groups is 1. The minimum Gasteiger partial charge on any atom is -0.341 e. The molecule has 0 saturated heterocycles. The lowest BCUT2D eigenvalue weighted by Gasteiger charge is -2.29. The molecule has 0 radical (unpaired) electrons. The van der Waals surface area contributed by atoms with Crippen molar-refractivity contribution >= 4 is 23.3 Å². The summed E-state index contributed by atoms with van der Waals surface area (Å²) >= 11 is 1.79. The van der Waals surface area contributed by atoms with Gasteiger partial charge in [-0.05, 0) is 31.2 Å². The maximum absolute atomic E-state index is 11.9. The summed E-state index contributed by atoms with van der Waals surface area (Å²) < 4.78 is 0. The van der Waals surface area contributed by atoms with Crippen LogP contribution in [0.3, 0.4) is 0 Å². The number of carbonyl (C=O) groups excluding carboxylic acids is 2. The minimum atomic E-state index is -0.470. The lowest BCUT2D eigenvalue weighted by molar-refractivity contribution is -0.121. The van der Waals surface area contributed by atoms with Gasteiger partial charge in [0.1, 0.15) is 0 Å². The van der Waals surface area contributed by atoms with Crippen LogP contribution in [0.5, 0.6) is 0 Å². The molecule has 0 aliphatic heterocycles. The Balaban J connectivity index is 1.94. The summed E-state index contributed by atoms with van der Waals surface area (Å²) in [7, 11) is 1.49. The molecule has 0 spiro atoms. The molecular formula is C15H23N3O2S. The number of hydrogen-bond acceptors (Lipinski definition) is 4. The molecule has 0 aromatic carbocycles. The van der Waals surface area contributed by atoms with Crippen molar-refractivity contribution in [1.82, 2.24) is 16.0 Å². The van der Waals surface area contributed by atoms with Gasteiger partial charge < -0.3 is 10.6 Å². The Hall–Kier alpha value is -1.40. The van der Waals surface area contributed by atoms with E-state index < -0.39 is 6.03 Å². The normalized spacial score (nSPS) is 18.2. The highest BCUT2D eigenvalue weighted by Gasteiger charge is 2.36. The van der Waals surface area contributed by atoms with Crippen molar-refractivity contribution < 1.29 is 9.59 Å². The third-order valence-electron chi connectivity index (χ3n) is 4.21. The quantitative estimate of drug-likeness (QED) is 0.779. The smallest absolute Gasteiger partial charge is 0.321 e. The van der Waals surface area contributed by atoms with Crippen molar-refractivity contribution in [3.05, 3.63) is 22.4 Å². The first-order valence-electron chi connectivity index (χ1n) is 7.37. The van der Waals surface area contributed by atoms with Crippen molar-refractivity contribution in [3.8, 4) is 0 Å². The van der Waals surface area contributed by atoms with Gasteiger partial charge in [-0.1, -0.05) is 18.9 Å². The fourth-order valence-electron chi connectivity index (χ4n) is 2.87. The Morgan fingerprint density at radius 1 is 1.38 bits per heavy atom. The van der Waals surface area contributed by atoms with Crippen LogP contribution in [0, 0.1) is 0 Å². The van der Waals surface area contributed by atoms with Gasteiger partial charge in [-0.25, -0.2) is 4.79 Å². The second-order valence-electron chi connectivity index (χ2n) is 5.64. The maximum atomic E-state index is 11.9. The lowest BCUT2D eigenvalue weighted by atomic mass is 9.84. The van der Waals surface area contributed by atoms with Crippen LogP contribution in [-0.2, 0) is 10.2 Å². The number of rotatable bonds is 5. The van der Waals surface area contributed by atoms with Crippen molar-refractivity contribution in [2.75, 3.05) is 13.6 Å². The molecule has 5 nitrogen and oxygen atoms in total. The predicted octanol–water partition coefficient (Wildman–Crippen LogP) is 1.99. The summed E-state index contributed by atoms with van der Waals surface area (Å²) in [5.41, 5.74) is 0.149. The fourth-order valence-corrected chi connectivity index (χ4v) is 3.85. The number of nitrogens with one attached hydrogen (secondary N) is 3. The molecule has 2 rings (SSSR count). The van der Waals surface area contributed by atoms with E-state index in [0.29, 0.717) is 0 Å². The molecule has 6 heteroatoms. The molecule has 1 saturated carbocycles. The number of hydrogen-bond donors (Lipinski definition) is 3. The topological polar surface area (TPSA) is 70.2 Å². The van der Waals surface area contributed by atoms with E-state index in [-0.39, 0.29) is 17.4 Å². The van der Waals surface area contributed by atoms with Gasteiger partial charge in [0.15, 0.2) is 0 Å². The van der Waals surface area contributed by atoms with E-state index in [4.69, 9.17) is 0 Å². The van der Waals surface area contributed by atoms with Crippen LogP contribution in [0.4, 0.5) is 4.79 Å². The largest absolute Gasteiger partial charge is 0.341 e. The Morgan fingerprint density at radius 2 is 2.10 bits per heavy atom. The molecular weight excluding hydrogens is 286 g/mol. The number of thiophene rings is 1. The molecule has 0 bridgehead atoms. The Bertz CT molecular complexity index is 481. The summed E-state index contributed by atoms with van der Waals surface area (Å²) in [5, 5.41) is 10.1. The molecule has 116 valence electrons. The lowest BCUT2D eigenvalue weighted by Crippen LogP contribution is -2.50. The van der Waals surface area contributed by atoms with E-state index >= 15 is 0 Å². The zero-order valence-electron chi connectivity index (χ0n) is 12.6.